The summed E-state index contributed by atoms with van der Waals surface area (Å²) in [6.45, 7) is 4.98. The van der Waals surface area contributed by atoms with Gasteiger partial charge >= 0.3 is 0 Å². The minimum absolute atomic E-state index is 0.0399. The Kier molecular flexibility index (Phi) is 5.80. The molecule has 0 aromatic heterocycles. The van der Waals surface area contributed by atoms with Crippen LogP contribution in [0.25, 0.3) is 0 Å². The van der Waals surface area contributed by atoms with Crippen molar-refractivity contribution in [1.29, 1.82) is 0 Å². The highest BCUT2D eigenvalue weighted by atomic mass is 16.5. The van der Waals surface area contributed by atoms with E-state index in [0.717, 1.165) is 12.1 Å². The molecule has 1 amide bonds. The van der Waals surface area contributed by atoms with E-state index in [4.69, 9.17) is 4.74 Å². The Hall–Kier alpha value is -2.10. The molecule has 2 aliphatic rings. The number of carbonyl (C=O) groups is 2. The lowest BCUT2D eigenvalue weighted by atomic mass is 9.88. The van der Waals surface area contributed by atoms with E-state index in [2.05, 4.69) is 0 Å². The van der Waals surface area contributed by atoms with E-state index in [1.54, 1.807) is 0 Å². The number of hydrogen-bond donors (Lipinski definition) is 0. The van der Waals surface area contributed by atoms with Crippen molar-refractivity contribution in [3.63, 3.8) is 0 Å². The zero-order chi connectivity index (χ0) is 18.6. The molecule has 1 aromatic rings. The van der Waals surface area contributed by atoms with Crippen LogP contribution in [0, 0.1) is 5.92 Å². The number of benzene rings is 1. The predicted molar refractivity (Wildman–Crippen MR) is 101 cm³/mol. The van der Waals surface area contributed by atoms with E-state index in [9.17, 15) is 9.59 Å². The molecule has 1 heterocycles. The first-order valence-corrected chi connectivity index (χ1v) is 9.70. The third kappa shape index (κ3) is 4.96. The molecule has 0 radical (unpaired) electrons. The summed E-state index contributed by atoms with van der Waals surface area (Å²) < 4.78 is 5.86. The maximum absolute atomic E-state index is 13.2. The number of ketones is 1. The Morgan fingerprint density at radius 2 is 1.85 bits per heavy atom. The van der Waals surface area contributed by atoms with Gasteiger partial charge in [0.1, 0.15) is 5.60 Å². The number of hydrogen-bond acceptors (Lipinski definition) is 3. The maximum Gasteiger partial charge on any atom is 0.289 e. The van der Waals surface area contributed by atoms with Crippen LogP contribution in [0.5, 0.6) is 0 Å². The van der Waals surface area contributed by atoms with Gasteiger partial charge in [0, 0.05) is 25.6 Å². The quantitative estimate of drug-likeness (QED) is 0.793. The first kappa shape index (κ1) is 18.7. The lowest BCUT2D eigenvalue weighted by Crippen LogP contribution is -2.41. The van der Waals surface area contributed by atoms with Gasteiger partial charge in [-0.25, -0.2) is 0 Å². The van der Waals surface area contributed by atoms with Gasteiger partial charge in [0.05, 0.1) is 0 Å². The van der Waals surface area contributed by atoms with E-state index in [1.165, 1.54) is 38.2 Å². The van der Waals surface area contributed by atoms with Gasteiger partial charge in [-0.15, -0.1) is 0 Å². The second-order valence-corrected chi connectivity index (χ2v) is 8.19. The topological polar surface area (TPSA) is 46.6 Å². The number of nitrogens with zero attached hydrogens (tertiary/aromatic N) is 1. The molecule has 0 bridgehead atoms. The fourth-order valence-corrected chi connectivity index (χ4v) is 3.95. The van der Waals surface area contributed by atoms with Gasteiger partial charge in [0.25, 0.3) is 5.91 Å². The summed E-state index contributed by atoms with van der Waals surface area (Å²) in [4.78, 5) is 27.1. The normalized spacial score (nSPS) is 20.2. The van der Waals surface area contributed by atoms with Crippen LogP contribution in [0.4, 0.5) is 0 Å². The summed E-state index contributed by atoms with van der Waals surface area (Å²) in [5.41, 5.74) is 0.471. The fourth-order valence-electron chi connectivity index (χ4n) is 3.95. The average molecular weight is 355 g/mol. The van der Waals surface area contributed by atoms with Crippen molar-refractivity contribution in [3.05, 3.63) is 47.7 Å². The predicted octanol–water partition coefficient (Wildman–Crippen LogP) is 4.25. The minimum atomic E-state index is -0.625. The van der Waals surface area contributed by atoms with E-state index in [-0.39, 0.29) is 17.4 Å². The van der Waals surface area contributed by atoms with Gasteiger partial charge in [0.2, 0.25) is 0 Å². The van der Waals surface area contributed by atoms with Crippen LogP contribution in [0.15, 0.2) is 42.2 Å². The Morgan fingerprint density at radius 3 is 2.50 bits per heavy atom. The van der Waals surface area contributed by atoms with Gasteiger partial charge in [-0.3, -0.25) is 9.59 Å². The van der Waals surface area contributed by atoms with Crippen LogP contribution in [-0.4, -0.2) is 28.7 Å². The molecular formula is C22H29NO3. The van der Waals surface area contributed by atoms with Gasteiger partial charge < -0.3 is 9.64 Å². The number of carbonyl (C=O) groups excluding carboxylic acids is 2. The third-order valence-electron chi connectivity index (χ3n) is 5.20. The monoisotopic (exact) mass is 355 g/mol. The molecule has 1 saturated carbocycles. The number of ether oxygens (including phenoxy) is 1. The molecule has 1 aromatic carbocycles. The van der Waals surface area contributed by atoms with Gasteiger partial charge in [0.15, 0.2) is 11.5 Å². The Labute approximate surface area is 156 Å². The molecule has 4 heteroatoms. The SMILES string of the molecule is CC1(C)CC(=O)C=C(C(=O)N(Cc2ccccc2)CC2CCCCC2)O1. The molecule has 1 aliphatic carbocycles. The highest BCUT2D eigenvalue weighted by Crippen LogP contribution is 2.28. The summed E-state index contributed by atoms with van der Waals surface area (Å²) in [5, 5.41) is 0. The number of rotatable bonds is 5. The molecule has 4 nitrogen and oxygen atoms in total. The third-order valence-corrected chi connectivity index (χ3v) is 5.20. The number of allylic oxidation sites excluding steroid dienone is 1. The van der Waals surface area contributed by atoms with E-state index in [1.807, 2.05) is 49.1 Å². The minimum Gasteiger partial charge on any atom is -0.481 e. The van der Waals surface area contributed by atoms with Crippen molar-refractivity contribution in [2.75, 3.05) is 6.54 Å². The van der Waals surface area contributed by atoms with E-state index in [0.29, 0.717) is 18.9 Å². The van der Waals surface area contributed by atoms with Crippen LogP contribution in [0.1, 0.15) is 57.9 Å². The van der Waals surface area contributed by atoms with Gasteiger partial charge in [-0.1, -0.05) is 49.6 Å². The van der Waals surface area contributed by atoms with Crippen LogP contribution in [-0.2, 0) is 20.9 Å². The second-order valence-electron chi connectivity index (χ2n) is 8.19. The average Bonchev–Trinajstić information content (AvgIpc) is 2.60. The summed E-state index contributed by atoms with van der Waals surface area (Å²) in [5.74, 6) is 0.518. The van der Waals surface area contributed by atoms with E-state index >= 15 is 0 Å². The standard InChI is InChI=1S/C22H29NO3/c1-22(2)14-19(24)13-20(26-22)21(25)23(15-17-9-5-3-6-10-17)16-18-11-7-4-8-12-18/h3,5-6,9-10,13,18H,4,7-8,11-12,14-16H2,1-2H3. The molecule has 0 spiro atoms. The zero-order valence-corrected chi connectivity index (χ0v) is 15.9. The van der Waals surface area contributed by atoms with Gasteiger partial charge in [-0.2, -0.15) is 0 Å². The molecule has 140 valence electrons. The molecule has 0 N–H and O–H groups in total. The molecule has 1 fully saturated rings. The highest BCUT2D eigenvalue weighted by molar-refractivity contribution is 6.01. The van der Waals surface area contributed by atoms with Crippen LogP contribution >= 0.6 is 0 Å². The molecular weight excluding hydrogens is 326 g/mol. The Balaban J connectivity index is 1.79. The molecule has 0 unspecified atom stereocenters. The summed E-state index contributed by atoms with van der Waals surface area (Å²) in [6, 6.07) is 10.0. The lowest BCUT2D eigenvalue weighted by molar-refractivity contribution is -0.139. The summed E-state index contributed by atoms with van der Waals surface area (Å²) in [6.07, 6.45) is 7.80. The van der Waals surface area contributed by atoms with Crippen molar-refractivity contribution in [3.8, 4) is 0 Å². The van der Waals surface area contributed by atoms with Crippen molar-refractivity contribution in [2.45, 2.75) is 64.5 Å². The first-order valence-electron chi connectivity index (χ1n) is 9.70. The molecule has 3 rings (SSSR count). The number of amides is 1. The maximum atomic E-state index is 13.2. The van der Waals surface area contributed by atoms with Crippen LogP contribution < -0.4 is 0 Å². The molecule has 1 aliphatic heterocycles. The summed E-state index contributed by atoms with van der Waals surface area (Å²) in [7, 11) is 0. The molecule has 26 heavy (non-hydrogen) atoms. The van der Waals surface area contributed by atoms with Crippen molar-refractivity contribution >= 4 is 11.7 Å². The van der Waals surface area contributed by atoms with E-state index < -0.39 is 5.60 Å². The first-order chi connectivity index (χ1) is 12.4. The Morgan fingerprint density at radius 1 is 1.15 bits per heavy atom. The van der Waals surface area contributed by atoms with Crippen LogP contribution in [0.3, 0.4) is 0 Å². The van der Waals surface area contributed by atoms with Crippen molar-refractivity contribution in [1.82, 2.24) is 4.90 Å². The lowest BCUT2D eigenvalue weighted by Gasteiger charge is -2.34. The smallest absolute Gasteiger partial charge is 0.289 e. The molecule has 0 saturated heterocycles. The van der Waals surface area contributed by atoms with Gasteiger partial charge in [-0.05, 0) is 38.2 Å². The fraction of sp³-hybridized carbons (Fsp3) is 0.545. The van der Waals surface area contributed by atoms with Crippen LogP contribution in [0.2, 0.25) is 0 Å². The largest absolute Gasteiger partial charge is 0.481 e. The molecule has 0 atom stereocenters. The second kappa shape index (κ2) is 8.07. The summed E-state index contributed by atoms with van der Waals surface area (Å²) >= 11 is 0. The highest BCUT2D eigenvalue weighted by Gasteiger charge is 2.34. The van der Waals surface area contributed by atoms with Crippen molar-refractivity contribution in [2.24, 2.45) is 5.92 Å². The van der Waals surface area contributed by atoms with Crippen molar-refractivity contribution < 1.29 is 14.3 Å². The Bertz CT molecular complexity index is 672. The zero-order valence-electron chi connectivity index (χ0n) is 15.9.